The number of aryl methyl sites for hydroxylation is 1. The molecule has 1 aliphatic rings. The summed E-state index contributed by atoms with van der Waals surface area (Å²) in [7, 11) is 0. The van der Waals surface area contributed by atoms with Crippen molar-refractivity contribution in [3.05, 3.63) is 65.5 Å². The molecule has 1 N–H and O–H groups in total. The van der Waals surface area contributed by atoms with E-state index in [4.69, 9.17) is 10.1 Å². The fourth-order valence-electron chi connectivity index (χ4n) is 4.54. The maximum atomic E-state index is 11.5. The number of hydrogen-bond donors (Lipinski definition) is 1. The van der Waals surface area contributed by atoms with Gasteiger partial charge in [0.1, 0.15) is 5.82 Å². The Balaban J connectivity index is 1.55. The zero-order chi connectivity index (χ0) is 22.3. The Bertz CT molecular complexity index is 1040. The van der Waals surface area contributed by atoms with Crippen LogP contribution in [0.3, 0.4) is 0 Å². The maximum Gasteiger partial charge on any atom is 0.355 e. The van der Waals surface area contributed by atoms with Crippen LogP contribution in [-0.2, 0) is 13.0 Å². The molecular formula is C26H32N4O2. The summed E-state index contributed by atoms with van der Waals surface area (Å²) in [6.07, 6.45) is 12.3. The number of carbonyl (C=O) groups is 1. The fraction of sp³-hybridized carbons (Fsp3) is 0.462. The Kier molecular flexibility index (Phi) is 7.30. The molecule has 0 saturated heterocycles. The first-order valence-electron chi connectivity index (χ1n) is 11.9. The number of nitrogens with zero attached hydrogens (tertiary/aromatic N) is 4. The first kappa shape index (κ1) is 22.2. The van der Waals surface area contributed by atoms with Crippen molar-refractivity contribution in [3.8, 4) is 11.1 Å². The number of aromatic carboxylic acids is 1. The molecule has 1 fully saturated rings. The molecule has 0 aliphatic heterocycles. The van der Waals surface area contributed by atoms with Crippen LogP contribution in [-0.4, -0.2) is 30.8 Å². The predicted molar refractivity (Wildman–Crippen MR) is 125 cm³/mol. The Labute approximate surface area is 189 Å². The molecule has 2 aromatic heterocycles. The van der Waals surface area contributed by atoms with Crippen LogP contribution in [0.1, 0.15) is 91.9 Å². The van der Waals surface area contributed by atoms with E-state index >= 15 is 0 Å². The van der Waals surface area contributed by atoms with E-state index in [1.54, 1.807) is 12.1 Å². The molecule has 4 rings (SSSR count). The largest absolute Gasteiger partial charge is 0.476 e. The molecule has 3 aromatic rings. The van der Waals surface area contributed by atoms with Gasteiger partial charge >= 0.3 is 5.97 Å². The number of hydrogen-bond acceptors (Lipinski definition) is 4. The van der Waals surface area contributed by atoms with Crippen LogP contribution in [0.4, 0.5) is 0 Å². The van der Waals surface area contributed by atoms with E-state index < -0.39 is 5.97 Å². The molecular weight excluding hydrogens is 400 g/mol. The Morgan fingerprint density at radius 3 is 2.59 bits per heavy atom. The van der Waals surface area contributed by atoms with Gasteiger partial charge < -0.3 is 5.11 Å². The van der Waals surface area contributed by atoms with Crippen molar-refractivity contribution in [3.63, 3.8) is 0 Å². The van der Waals surface area contributed by atoms with Crippen molar-refractivity contribution < 1.29 is 9.90 Å². The second-order valence-corrected chi connectivity index (χ2v) is 8.74. The van der Waals surface area contributed by atoms with Crippen molar-refractivity contribution in [2.24, 2.45) is 0 Å². The lowest BCUT2D eigenvalue weighted by Gasteiger charge is -2.18. The van der Waals surface area contributed by atoms with Crippen molar-refractivity contribution in [1.29, 1.82) is 0 Å². The molecule has 6 heteroatoms. The Morgan fingerprint density at radius 1 is 1.09 bits per heavy atom. The van der Waals surface area contributed by atoms with Crippen molar-refractivity contribution in [2.45, 2.75) is 77.2 Å². The third kappa shape index (κ3) is 5.23. The van der Waals surface area contributed by atoms with Gasteiger partial charge in [-0.2, -0.15) is 5.10 Å². The van der Waals surface area contributed by atoms with Gasteiger partial charge in [0, 0.05) is 24.1 Å². The molecule has 0 radical (unpaired) electrons. The van der Waals surface area contributed by atoms with Gasteiger partial charge in [0.15, 0.2) is 11.5 Å². The van der Waals surface area contributed by atoms with E-state index in [1.165, 1.54) is 51.1 Å². The standard InChI is InChI=1S/C26H32N4O2/c1-2-3-5-12-23-28-25(21-9-6-4-7-10-21)29-30(23)18-19-13-15-20(16-14-19)22-11-8-17-27-24(22)26(31)32/h8,11,13-17,21H,2-7,9-10,12,18H2,1H3,(H,31,32). The normalized spacial score (nSPS) is 14.5. The van der Waals surface area contributed by atoms with E-state index in [9.17, 15) is 9.90 Å². The van der Waals surface area contributed by atoms with E-state index in [0.717, 1.165) is 35.6 Å². The van der Waals surface area contributed by atoms with Crippen LogP contribution in [0, 0.1) is 0 Å². The van der Waals surface area contributed by atoms with Crippen molar-refractivity contribution in [2.75, 3.05) is 0 Å². The number of aromatic nitrogens is 4. The van der Waals surface area contributed by atoms with Gasteiger partial charge in [-0.3, -0.25) is 0 Å². The predicted octanol–water partition coefficient (Wildman–Crippen LogP) is 5.87. The van der Waals surface area contributed by atoms with Gasteiger partial charge in [-0.15, -0.1) is 0 Å². The van der Waals surface area contributed by atoms with Crippen LogP contribution in [0.25, 0.3) is 11.1 Å². The number of pyridine rings is 1. The smallest absolute Gasteiger partial charge is 0.355 e. The quantitative estimate of drug-likeness (QED) is 0.428. The molecule has 0 amide bonds. The van der Waals surface area contributed by atoms with E-state index in [0.29, 0.717) is 18.0 Å². The Morgan fingerprint density at radius 2 is 1.88 bits per heavy atom. The molecule has 1 saturated carbocycles. The summed E-state index contributed by atoms with van der Waals surface area (Å²) < 4.78 is 2.08. The number of unbranched alkanes of at least 4 members (excludes halogenated alkanes) is 2. The number of rotatable bonds is 9. The molecule has 1 aliphatic carbocycles. The highest BCUT2D eigenvalue weighted by Crippen LogP contribution is 2.31. The lowest BCUT2D eigenvalue weighted by atomic mass is 9.89. The molecule has 168 valence electrons. The third-order valence-corrected chi connectivity index (χ3v) is 6.35. The zero-order valence-electron chi connectivity index (χ0n) is 18.8. The molecule has 2 heterocycles. The zero-order valence-corrected chi connectivity index (χ0v) is 18.8. The maximum absolute atomic E-state index is 11.5. The van der Waals surface area contributed by atoms with Gasteiger partial charge in [-0.05, 0) is 36.5 Å². The number of benzene rings is 1. The van der Waals surface area contributed by atoms with Crippen LogP contribution in [0.2, 0.25) is 0 Å². The molecule has 0 bridgehead atoms. The van der Waals surface area contributed by atoms with Crippen LogP contribution >= 0.6 is 0 Å². The SMILES string of the molecule is CCCCCc1nc(C2CCCCC2)nn1Cc1ccc(-c2cccnc2C(=O)O)cc1. The average Bonchev–Trinajstić information content (AvgIpc) is 3.23. The second-order valence-electron chi connectivity index (χ2n) is 8.74. The first-order valence-corrected chi connectivity index (χ1v) is 11.9. The fourth-order valence-corrected chi connectivity index (χ4v) is 4.54. The topological polar surface area (TPSA) is 80.9 Å². The van der Waals surface area contributed by atoms with Crippen LogP contribution in [0.5, 0.6) is 0 Å². The summed E-state index contributed by atoms with van der Waals surface area (Å²) in [6, 6.07) is 11.6. The van der Waals surface area contributed by atoms with Gasteiger partial charge in [-0.1, -0.05) is 69.4 Å². The third-order valence-electron chi connectivity index (χ3n) is 6.35. The minimum atomic E-state index is -1.01. The highest BCUT2D eigenvalue weighted by molar-refractivity contribution is 5.93. The van der Waals surface area contributed by atoms with Gasteiger partial charge in [-0.25, -0.2) is 19.4 Å². The van der Waals surface area contributed by atoms with Gasteiger partial charge in [0.05, 0.1) is 6.54 Å². The molecule has 6 nitrogen and oxygen atoms in total. The summed E-state index contributed by atoms with van der Waals surface area (Å²) >= 11 is 0. The van der Waals surface area contributed by atoms with Gasteiger partial charge in [0.25, 0.3) is 0 Å². The second kappa shape index (κ2) is 10.5. The Hall–Kier alpha value is -3.02. The summed E-state index contributed by atoms with van der Waals surface area (Å²) in [5, 5.41) is 14.4. The van der Waals surface area contributed by atoms with E-state index in [2.05, 4.69) is 16.6 Å². The molecule has 0 spiro atoms. The van der Waals surface area contributed by atoms with Crippen LogP contribution < -0.4 is 0 Å². The number of carboxylic acid groups (broad SMARTS) is 1. The minimum absolute atomic E-state index is 0.0758. The van der Waals surface area contributed by atoms with Crippen molar-refractivity contribution >= 4 is 5.97 Å². The molecule has 32 heavy (non-hydrogen) atoms. The monoisotopic (exact) mass is 432 g/mol. The number of carboxylic acids is 1. The highest BCUT2D eigenvalue weighted by atomic mass is 16.4. The van der Waals surface area contributed by atoms with Crippen LogP contribution in [0.15, 0.2) is 42.6 Å². The summed E-state index contributed by atoms with van der Waals surface area (Å²) in [5.74, 6) is 1.59. The van der Waals surface area contributed by atoms with Gasteiger partial charge in [0.2, 0.25) is 0 Å². The molecule has 1 aromatic carbocycles. The van der Waals surface area contributed by atoms with Crippen molar-refractivity contribution in [1.82, 2.24) is 19.7 Å². The molecule has 0 atom stereocenters. The summed E-state index contributed by atoms with van der Waals surface area (Å²) in [4.78, 5) is 20.5. The molecule has 0 unspecified atom stereocenters. The average molecular weight is 433 g/mol. The van der Waals surface area contributed by atoms with E-state index in [1.807, 2.05) is 24.3 Å². The summed E-state index contributed by atoms with van der Waals surface area (Å²) in [5.41, 5.74) is 2.69. The first-order chi connectivity index (χ1) is 15.7. The lowest BCUT2D eigenvalue weighted by Crippen LogP contribution is -2.09. The lowest BCUT2D eigenvalue weighted by molar-refractivity contribution is 0.0691. The van der Waals surface area contributed by atoms with E-state index in [-0.39, 0.29) is 5.69 Å². The highest BCUT2D eigenvalue weighted by Gasteiger charge is 2.21. The summed E-state index contributed by atoms with van der Waals surface area (Å²) in [6.45, 7) is 2.90. The minimum Gasteiger partial charge on any atom is -0.476 e.